The molecule has 2 N–H and O–H groups in total. The van der Waals surface area contributed by atoms with E-state index in [9.17, 15) is 19.8 Å². The van der Waals surface area contributed by atoms with Gasteiger partial charge in [-0.1, -0.05) is 55.8 Å². The summed E-state index contributed by atoms with van der Waals surface area (Å²) in [5.74, 6) is -1.89. The number of halogens is 1. The minimum absolute atomic E-state index is 0.116. The van der Waals surface area contributed by atoms with Crippen LogP contribution in [0.2, 0.25) is 5.02 Å². The summed E-state index contributed by atoms with van der Waals surface area (Å²) in [5, 5.41) is 21.0. The Morgan fingerprint density at radius 2 is 1.85 bits per heavy atom. The Kier molecular flexibility index (Phi) is 4.74. The molecule has 0 saturated heterocycles. The fourth-order valence-electron chi connectivity index (χ4n) is 2.85. The van der Waals surface area contributed by atoms with Crippen LogP contribution in [0.4, 0.5) is 0 Å². The van der Waals surface area contributed by atoms with Gasteiger partial charge >= 0.3 is 5.63 Å². The molecule has 134 valence electrons. The lowest BCUT2D eigenvalue weighted by molar-refractivity contribution is 0.0922. The molecule has 0 saturated carbocycles. The zero-order valence-electron chi connectivity index (χ0n) is 14.2. The number of carbonyl (C=O) groups is 1. The SMILES string of the molecule is CCC(C)C(=O)c1c(O)c(Cl)c2oc(=O)cc(-c3ccccc3)c2c1O. The van der Waals surface area contributed by atoms with Gasteiger partial charge < -0.3 is 14.6 Å². The highest BCUT2D eigenvalue weighted by atomic mass is 35.5. The number of rotatable bonds is 4. The third kappa shape index (κ3) is 2.84. The van der Waals surface area contributed by atoms with Gasteiger partial charge in [-0.3, -0.25) is 4.79 Å². The molecule has 0 fully saturated rings. The summed E-state index contributed by atoms with van der Waals surface area (Å²) in [6.07, 6.45) is 0.531. The van der Waals surface area contributed by atoms with E-state index < -0.39 is 28.8 Å². The van der Waals surface area contributed by atoms with Crippen LogP contribution in [0, 0.1) is 5.92 Å². The number of Topliss-reactive ketones (excluding diaryl/α,β-unsaturated/α-hetero) is 1. The number of hydrogen-bond donors (Lipinski definition) is 2. The molecule has 0 amide bonds. The highest BCUT2D eigenvalue weighted by Crippen LogP contribution is 2.46. The number of fused-ring (bicyclic) bond motifs is 1. The summed E-state index contributed by atoms with van der Waals surface area (Å²) in [5.41, 5.74) is -0.0893. The van der Waals surface area contributed by atoms with Gasteiger partial charge in [0.15, 0.2) is 17.1 Å². The van der Waals surface area contributed by atoms with Gasteiger partial charge in [0.05, 0.1) is 5.39 Å². The topological polar surface area (TPSA) is 87.7 Å². The standard InChI is InChI=1S/C20H17ClO5/c1-3-10(2)17(23)15-18(24)14-12(11-7-5-4-6-8-11)9-13(22)26-20(14)16(21)19(15)25/h4-10,24-25H,3H2,1-2H3. The average Bonchev–Trinajstić information content (AvgIpc) is 2.65. The van der Waals surface area contributed by atoms with E-state index in [0.717, 1.165) is 0 Å². The number of ketones is 1. The van der Waals surface area contributed by atoms with Crippen LogP contribution in [-0.4, -0.2) is 16.0 Å². The van der Waals surface area contributed by atoms with E-state index >= 15 is 0 Å². The molecular formula is C20H17ClO5. The lowest BCUT2D eigenvalue weighted by atomic mass is 9.92. The molecule has 0 bridgehead atoms. The number of carbonyl (C=O) groups excluding carboxylic acids is 1. The van der Waals surface area contributed by atoms with Crippen molar-refractivity contribution in [3.05, 3.63) is 57.4 Å². The van der Waals surface area contributed by atoms with E-state index in [1.807, 2.05) is 13.0 Å². The summed E-state index contributed by atoms with van der Waals surface area (Å²) in [6, 6.07) is 10.1. The Hall–Kier alpha value is -2.79. The van der Waals surface area contributed by atoms with Crippen molar-refractivity contribution in [1.82, 2.24) is 0 Å². The molecule has 26 heavy (non-hydrogen) atoms. The Morgan fingerprint density at radius 1 is 1.19 bits per heavy atom. The molecule has 0 spiro atoms. The number of phenolic OH excluding ortho intramolecular Hbond substituents is 2. The maximum absolute atomic E-state index is 12.7. The van der Waals surface area contributed by atoms with Gasteiger partial charge in [-0.2, -0.15) is 0 Å². The molecule has 0 aliphatic heterocycles. The van der Waals surface area contributed by atoms with Gasteiger partial charge in [0, 0.05) is 17.5 Å². The third-order valence-corrected chi connectivity index (χ3v) is 4.82. The van der Waals surface area contributed by atoms with Crippen molar-refractivity contribution in [3.63, 3.8) is 0 Å². The van der Waals surface area contributed by atoms with Gasteiger partial charge in [0.1, 0.15) is 16.3 Å². The smallest absolute Gasteiger partial charge is 0.336 e. The number of phenols is 2. The molecule has 0 aliphatic rings. The molecule has 1 atom stereocenters. The fraction of sp³-hybridized carbons (Fsp3) is 0.200. The normalized spacial score (nSPS) is 12.3. The van der Waals surface area contributed by atoms with Crippen molar-refractivity contribution in [1.29, 1.82) is 0 Å². The van der Waals surface area contributed by atoms with Crippen LogP contribution in [0.3, 0.4) is 0 Å². The van der Waals surface area contributed by atoms with Crippen LogP contribution < -0.4 is 5.63 Å². The fourth-order valence-corrected chi connectivity index (χ4v) is 3.08. The monoisotopic (exact) mass is 372 g/mol. The van der Waals surface area contributed by atoms with Gasteiger partial charge in [0.2, 0.25) is 0 Å². The average molecular weight is 373 g/mol. The van der Waals surface area contributed by atoms with Crippen LogP contribution in [-0.2, 0) is 0 Å². The quantitative estimate of drug-likeness (QED) is 0.509. The van der Waals surface area contributed by atoms with Crippen molar-refractivity contribution in [2.75, 3.05) is 0 Å². The molecule has 0 aliphatic carbocycles. The summed E-state index contributed by atoms with van der Waals surface area (Å²) in [4.78, 5) is 24.6. The lowest BCUT2D eigenvalue weighted by Gasteiger charge is -2.16. The highest BCUT2D eigenvalue weighted by Gasteiger charge is 2.28. The van der Waals surface area contributed by atoms with Gasteiger partial charge in [-0.25, -0.2) is 4.79 Å². The van der Waals surface area contributed by atoms with E-state index in [1.165, 1.54) is 6.07 Å². The summed E-state index contributed by atoms with van der Waals surface area (Å²) < 4.78 is 5.12. The van der Waals surface area contributed by atoms with Crippen LogP contribution in [0.25, 0.3) is 22.1 Å². The van der Waals surface area contributed by atoms with Gasteiger partial charge in [-0.05, 0) is 12.0 Å². The van der Waals surface area contributed by atoms with E-state index in [0.29, 0.717) is 17.5 Å². The predicted molar refractivity (Wildman–Crippen MR) is 100 cm³/mol. The zero-order chi connectivity index (χ0) is 19.0. The Labute approximate surface area is 154 Å². The summed E-state index contributed by atoms with van der Waals surface area (Å²) in [7, 11) is 0. The highest BCUT2D eigenvalue weighted by molar-refractivity contribution is 6.38. The zero-order valence-corrected chi connectivity index (χ0v) is 15.0. The van der Waals surface area contributed by atoms with E-state index in [2.05, 4.69) is 0 Å². The molecule has 0 radical (unpaired) electrons. The maximum Gasteiger partial charge on any atom is 0.336 e. The molecule has 1 unspecified atom stereocenters. The largest absolute Gasteiger partial charge is 0.506 e. The maximum atomic E-state index is 12.7. The van der Waals surface area contributed by atoms with Gasteiger partial charge in [-0.15, -0.1) is 0 Å². The Morgan fingerprint density at radius 3 is 2.46 bits per heavy atom. The minimum atomic E-state index is -0.682. The van der Waals surface area contributed by atoms with Crippen LogP contribution >= 0.6 is 11.6 Å². The third-order valence-electron chi connectivity index (χ3n) is 4.47. The Balaban J connectivity index is 2.47. The Bertz CT molecular complexity index is 1050. The van der Waals surface area contributed by atoms with Gasteiger partial charge in [0.25, 0.3) is 0 Å². The number of benzene rings is 2. The van der Waals surface area contributed by atoms with E-state index in [4.69, 9.17) is 16.0 Å². The lowest BCUT2D eigenvalue weighted by Crippen LogP contribution is -2.11. The molecule has 1 aromatic heterocycles. The molecular weight excluding hydrogens is 356 g/mol. The molecule has 3 rings (SSSR count). The van der Waals surface area contributed by atoms with Crippen molar-refractivity contribution in [3.8, 4) is 22.6 Å². The second-order valence-electron chi connectivity index (χ2n) is 6.11. The number of hydrogen-bond acceptors (Lipinski definition) is 5. The van der Waals surface area contributed by atoms with Crippen molar-refractivity contribution in [2.45, 2.75) is 20.3 Å². The van der Waals surface area contributed by atoms with Crippen molar-refractivity contribution in [2.24, 2.45) is 5.92 Å². The second kappa shape index (κ2) is 6.84. The van der Waals surface area contributed by atoms with E-state index in [-0.39, 0.29) is 21.6 Å². The first-order chi connectivity index (χ1) is 12.4. The predicted octanol–water partition coefficient (Wildman–Crippen LogP) is 4.75. The first kappa shape index (κ1) is 18.0. The van der Waals surface area contributed by atoms with Crippen LogP contribution in [0.15, 0.2) is 45.6 Å². The first-order valence-electron chi connectivity index (χ1n) is 8.17. The van der Waals surface area contributed by atoms with E-state index in [1.54, 1.807) is 31.2 Å². The van der Waals surface area contributed by atoms with Crippen LogP contribution in [0.5, 0.6) is 11.5 Å². The molecule has 2 aromatic carbocycles. The number of aromatic hydroxyl groups is 2. The first-order valence-corrected chi connectivity index (χ1v) is 8.55. The summed E-state index contributed by atoms with van der Waals surface area (Å²) in [6.45, 7) is 3.52. The minimum Gasteiger partial charge on any atom is -0.506 e. The second-order valence-corrected chi connectivity index (χ2v) is 6.49. The molecule has 6 heteroatoms. The van der Waals surface area contributed by atoms with Crippen molar-refractivity contribution >= 4 is 28.4 Å². The molecule has 1 heterocycles. The molecule has 5 nitrogen and oxygen atoms in total. The molecule has 3 aromatic rings. The summed E-state index contributed by atoms with van der Waals surface area (Å²) >= 11 is 6.18. The van der Waals surface area contributed by atoms with Crippen molar-refractivity contribution < 1.29 is 19.4 Å². The van der Waals surface area contributed by atoms with Crippen LogP contribution in [0.1, 0.15) is 30.6 Å².